The van der Waals surface area contributed by atoms with Crippen LogP contribution < -0.4 is 15.1 Å². The van der Waals surface area contributed by atoms with Crippen LogP contribution in [-0.4, -0.2) is 50.8 Å². The van der Waals surface area contributed by atoms with Gasteiger partial charge in [-0.3, -0.25) is 9.48 Å². The maximum atomic E-state index is 13.6. The second kappa shape index (κ2) is 9.59. The number of aromatic nitrogens is 5. The number of anilines is 3. The highest BCUT2D eigenvalue weighted by molar-refractivity contribution is 6.03. The highest BCUT2D eigenvalue weighted by atomic mass is 19.1. The van der Waals surface area contributed by atoms with Gasteiger partial charge in [0.15, 0.2) is 5.82 Å². The number of rotatable bonds is 7. The minimum absolute atomic E-state index is 0.0350. The number of hydrogen-bond donors (Lipinski definition) is 1. The summed E-state index contributed by atoms with van der Waals surface area (Å²) in [5.74, 6) is 1.05. The predicted octanol–water partition coefficient (Wildman–Crippen LogP) is 3.74. The van der Waals surface area contributed by atoms with Crippen molar-refractivity contribution in [1.29, 1.82) is 0 Å². The summed E-state index contributed by atoms with van der Waals surface area (Å²) in [5, 5.41) is 7.47. The molecule has 1 atom stereocenters. The van der Waals surface area contributed by atoms with Gasteiger partial charge < -0.3 is 15.1 Å². The molecule has 1 aliphatic rings. The average molecular weight is 481 g/mol. The fourth-order valence-corrected chi connectivity index (χ4v) is 4.58. The number of carbonyl (C=O) groups excluding carboxylic acids is 1. The Morgan fingerprint density at radius 1 is 1.17 bits per heavy atom. The van der Waals surface area contributed by atoms with Crippen molar-refractivity contribution < 1.29 is 9.18 Å². The monoisotopic (exact) mass is 480 g/mol. The number of nitrogens with zero attached hydrogens (tertiary/aromatic N) is 7. The normalized spacial score (nSPS) is 15.5. The lowest BCUT2D eigenvalue weighted by Crippen LogP contribution is -2.49. The molecule has 0 bridgehead atoms. The number of carbonyl (C=O) groups is 1. The second-order valence-electron chi connectivity index (χ2n) is 9.83. The summed E-state index contributed by atoms with van der Waals surface area (Å²) < 4.78 is 15.5. The van der Waals surface area contributed by atoms with Gasteiger partial charge in [-0.1, -0.05) is 33.8 Å². The van der Waals surface area contributed by atoms with Crippen LogP contribution in [0.4, 0.5) is 21.8 Å². The Balaban J connectivity index is 1.53. The predicted molar refractivity (Wildman–Crippen MR) is 134 cm³/mol. The molecule has 0 spiro atoms. The molecule has 4 rings (SSSR count). The molecule has 0 aromatic carbocycles. The first-order valence-electron chi connectivity index (χ1n) is 11.8. The van der Waals surface area contributed by atoms with Crippen molar-refractivity contribution in [1.82, 2.24) is 24.7 Å². The molecule has 1 aliphatic heterocycles. The molecule has 0 aliphatic carbocycles. The van der Waals surface area contributed by atoms with Crippen molar-refractivity contribution in [2.75, 3.05) is 29.2 Å². The summed E-state index contributed by atoms with van der Waals surface area (Å²) >= 11 is 0. The maximum Gasteiger partial charge on any atom is 0.247 e. The summed E-state index contributed by atoms with van der Waals surface area (Å²) in [6.07, 6.45) is 3.78. The van der Waals surface area contributed by atoms with Gasteiger partial charge in [-0.25, -0.2) is 9.97 Å². The standard InChI is InChI=1S/C25H33FN8O/c1-14(2)20-18(8-9-19(26)29-20)13-34-12-17(10-27-34)11-32(6)25-28-16(5)21-23(31-25)33(7)22(15(3)4)24(35)30-21/h8-10,12,14-15,22H,11,13H2,1-7H3,(H,30,35)/t22-/m0/s1. The van der Waals surface area contributed by atoms with Gasteiger partial charge in [-0.05, 0) is 30.4 Å². The van der Waals surface area contributed by atoms with E-state index in [0.717, 1.165) is 28.3 Å². The summed E-state index contributed by atoms with van der Waals surface area (Å²) in [6, 6.07) is 2.87. The van der Waals surface area contributed by atoms with Crippen molar-refractivity contribution in [3.8, 4) is 0 Å². The lowest BCUT2D eigenvalue weighted by atomic mass is 9.99. The Morgan fingerprint density at radius 3 is 2.60 bits per heavy atom. The number of halogens is 1. The summed E-state index contributed by atoms with van der Waals surface area (Å²) in [4.78, 5) is 30.0. The van der Waals surface area contributed by atoms with Gasteiger partial charge in [0, 0.05) is 32.4 Å². The molecule has 0 saturated heterocycles. The molecular weight excluding hydrogens is 447 g/mol. The van der Waals surface area contributed by atoms with E-state index in [4.69, 9.17) is 4.98 Å². The number of likely N-dealkylation sites (N-methyl/N-ethyl adjacent to an activating group) is 1. The quantitative estimate of drug-likeness (QED) is 0.515. The average Bonchev–Trinajstić information content (AvgIpc) is 3.21. The summed E-state index contributed by atoms with van der Waals surface area (Å²) in [7, 11) is 3.83. The molecular formula is C25H33FN8O. The van der Waals surface area contributed by atoms with Crippen LogP contribution in [0.25, 0.3) is 0 Å². The van der Waals surface area contributed by atoms with E-state index in [0.29, 0.717) is 24.7 Å². The van der Waals surface area contributed by atoms with Crippen molar-refractivity contribution >= 4 is 23.4 Å². The Bertz CT molecular complexity index is 1240. The molecule has 9 nitrogen and oxygen atoms in total. The zero-order chi connectivity index (χ0) is 25.4. The van der Waals surface area contributed by atoms with E-state index in [-0.39, 0.29) is 23.8 Å². The van der Waals surface area contributed by atoms with E-state index < -0.39 is 5.95 Å². The number of aryl methyl sites for hydroxylation is 1. The fourth-order valence-electron chi connectivity index (χ4n) is 4.58. The van der Waals surface area contributed by atoms with E-state index in [1.165, 1.54) is 6.07 Å². The Labute approximate surface area is 205 Å². The Hall–Kier alpha value is -3.56. The molecule has 0 radical (unpaired) electrons. The molecule has 35 heavy (non-hydrogen) atoms. The van der Waals surface area contributed by atoms with Gasteiger partial charge in [-0.2, -0.15) is 14.5 Å². The molecule has 3 aromatic rings. The second-order valence-corrected chi connectivity index (χ2v) is 9.83. The highest BCUT2D eigenvalue weighted by Gasteiger charge is 2.35. The molecule has 4 heterocycles. The number of hydrogen-bond acceptors (Lipinski definition) is 7. The van der Waals surface area contributed by atoms with Gasteiger partial charge >= 0.3 is 0 Å². The summed E-state index contributed by atoms with van der Waals surface area (Å²) in [6.45, 7) is 11.0. The SMILES string of the molecule is Cc1nc(N(C)Cc2cnn(Cc3ccc(F)nc3C(C)C)c2)nc2c1NC(=O)[C@H](C(C)C)N2C. The van der Waals surface area contributed by atoms with Gasteiger partial charge in [-0.15, -0.1) is 0 Å². The molecule has 1 N–H and O–H groups in total. The Morgan fingerprint density at radius 2 is 1.91 bits per heavy atom. The fraction of sp³-hybridized carbons (Fsp3) is 0.480. The minimum Gasteiger partial charge on any atom is -0.345 e. The third-order valence-electron chi connectivity index (χ3n) is 6.26. The van der Waals surface area contributed by atoms with Crippen molar-refractivity contribution in [2.24, 2.45) is 5.92 Å². The summed E-state index contributed by atoms with van der Waals surface area (Å²) in [5.41, 5.74) is 4.07. The van der Waals surface area contributed by atoms with Crippen LogP contribution in [0.15, 0.2) is 24.5 Å². The number of pyridine rings is 1. The van der Waals surface area contributed by atoms with Crippen LogP contribution in [-0.2, 0) is 17.9 Å². The molecule has 10 heteroatoms. The number of amides is 1. The third kappa shape index (κ3) is 4.96. The molecule has 186 valence electrons. The largest absolute Gasteiger partial charge is 0.345 e. The van der Waals surface area contributed by atoms with Crippen LogP contribution in [0.5, 0.6) is 0 Å². The minimum atomic E-state index is -0.467. The molecule has 0 unspecified atom stereocenters. The smallest absolute Gasteiger partial charge is 0.247 e. The van der Waals surface area contributed by atoms with E-state index >= 15 is 0 Å². The van der Waals surface area contributed by atoms with Crippen LogP contribution in [0, 0.1) is 18.8 Å². The van der Waals surface area contributed by atoms with Crippen LogP contribution >= 0.6 is 0 Å². The molecule has 0 saturated carbocycles. The van der Waals surface area contributed by atoms with E-state index in [9.17, 15) is 9.18 Å². The van der Waals surface area contributed by atoms with Crippen LogP contribution in [0.2, 0.25) is 0 Å². The topological polar surface area (TPSA) is 92.1 Å². The van der Waals surface area contributed by atoms with Crippen LogP contribution in [0.3, 0.4) is 0 Å². The number of fused-ring (bicyclic) bond motifs is 1. The highest BCUT2D eigenvalue weighted by Crippen LogP contribution is 2.34. The van der Waals surface area contributed by atoms with Crippen molar-refractivity contribution in [3.63, 3.8) is 0 Å². The van der Waals surface area contributed by atoms with Crippen molar-refractivity contribution in [3.05, 3.63) is 53.0 Å². The first-order chi connectivity index (χ1) is 16.5. The van der Waals surface area contributed by atoms with E-state index in [1.54, 1.807) is 6.07 Å². The van der Waals surface area contributed by atoms with E-state index in [2.05, 4.69) is 20.4 Å². The van der Waals surface area contributed by atoms with Crippen LogP contribution in [0.1, 0.15) is 56.1 Å². The van der Waals surface area contributed by atoms with Gasteiger partial charge in [0.1, 0.15) is 11.7 Å². The molecule has 3 aromatic heterocycles. The Kier molecular flexibility index (Phi) is 6.73. The lowest BCUT2D eigenvalue weighted by molar-refractivity contribution is -0.118. The molecule has 0 fully saturated rings. The zero-order valence-corrected chi connectivity index (χ0v) is 21.4. The molecule has 1 amide bonds. The van der Waals surface area contributed by atoms with Gasteiger partial charge in [0.05, 0.1) is 24.1 Å². The van der Waals surface area contributed by atoms with E-state index in [1.807, 2.05) is 75.6 Å². The zero-order valence-electron chi connectivity index (χ0n) is 21.4. The van der Waals surface area contributed by atoms with Gasteiger partial charge in [0.25, 0.3) is 0 Å². The maximum absolute atomic E-state index is 13.6. The lowest BCUT2D eigenvalue weighted by Gasteiger charge is -2.37. The first kappa shape index (κ1) is 24.6. The van der Waals surface area contributed by atoms with Gasteiger partial charge in [0.2, 0.25) is 17.8 Å². The van der Waals surface area contributed by atoms with Crippen molar-refractivity contribution in [2.45, 2.75) is 59.7 Å². The first-order valence-corrected chi connectivity index (χ1v) is 11.8. The number of nitrogens with one attached hydrogen (secondary N) is 1. The third-order valence-corrected chi connectivity index (χ3v) is 6.26.